The highest BCUT2D eigenvalue weighted by molar-refractivity contribution is 5.90. The zero-order valence-electron chi connectivity index (χ0n) is 16.6. The van der Waals surface area contributed by atoms with E-state index in [9.17, 15) is 4.79 Å². The molecular weight excluding hydrogens is 344 g/mol. The van der Waals surface area contributed by atoms with E-state index in [1.54, 1.807) is 0 Å². The lowest BCUT2D eigenvalue weighted by Gasteiger charge is -2.07. The first-order chi connectivity index (χ1) is 12.3. The molecule has 0 saturated heterocycles. The van der Waals surface area contributed by atoms with Gasteiger partial charge in [0.1, 0.15) is 0 Å². The maximum atomic E-state index is 11.9. The van der Waals surface area contributed by atoms with Crippen molar-refractivity contribution < 1.29 is 4.79 Å². The summed E-state index contributed by atoms with van der Waals surface area (Å²) in [7, 11) is 0. The number of benzene rings is 1. The molecule has 1 rings (SSSR count). The second-order valence-corrected chi connectivity index (χ2v) is 7.07. The topological polar surface area (TPSA) is 55.1 Å². The number of carbonyl (C=O) groups is 1. The molecule has 1 aromatic carbocycles. The minimum atomic E-state index is 0. The van der Waals surface area contributed by atoms with Gasteiger partial charge in [-0.15, -0.1) is 12.4 Å². The molecule has 0 atom stereocenters. The van der Waals surface area contributed by atoms with Crippen LogP contribution in [-0.4, -0.2) is 12.5 Å². The van der Waals surface area contributed by atoms with Gasteiger partial charge in [0.05, 0.1) is 0 Å². The number of carbonyl (C=O) groups excluding carboxylic acids is 1. The van der Waals surface area contributed by atoms with Gasteiger partial charge in [-0.2, -0.15) is 0 Å². The highest BCUT2D eigenvalue weighted by Crippen LogP contribution is 2.14. The fourth-order valence-corrected chi connectivity index (χ4v) is 3.05. The second-order valence-electron chi connectivity index (χ2n) is 7.07. The van der Waals surface area contributed by atoms with Crippen LogP contribution in [0.15, 0.2) is 24.3 Å². The van der Waals surface area contributed by atoms with Crippen LogP contribution in [0.4, 0.5) is 5.69 Å². The minimum Gasteiger partial charge on any atom is -0.330 e. The van der Waals surface area contributed by atoms with Crippen molar-refractivity contribution in [3.05, 3.63) is 29.8 Å². The molecule has 0 aliphatic rings. The van der Waals surface area contributed by atoms with Crippen LogP contribution in [0.1, 0.15) is 89.5 Å². The van der Waals surface area contributed by atoms with Crippen LogP contribution >= 0.6 is 12.4 Å². The van der Waals surface area contributed by atoms with Gasteiger partial charge in [-0.25, -0.2) is 0 Å². The number of nitrogens with one attached hydrogen (secondary N) is 1. The second kappa shape index (κ2) is 17.4. The van der Waals surface area contributed by atoms with Gasteiger partial charge in [-0.3, -0.25) is 4.79 Å². The summed E-state index contributed by atoms with van der Waals surface area (Å²) in [4.78, 5) is 11.9. The lowest BCUT2D eigenvalue weighted by molar-refractivity contribution is -0.116. The van der Waals surface area contributed by atoms with Crippen LogP contribution in [0.3, 0.4) is 0 Å². The summed E-state index contributed by atoms with van der Waals surface area (Å²) < 4.78 is 0. The summed E-state index contributed by atoms with van der Waals surface area (Å²) in [5.41, 5.74) is 7.73. The van der Waals surface area contributed by atoms with E-state index in [-0.39, 0.29) is 18.3 Å². The quantitative estimate of drug-likeness (QED) is 0.352. The third kappa shape index (κ3) is 13.2. The average molecular weight is 383 g/mol. The molecule has 0 saturated carbocycles. The molecule has 0 fully saturated rings. The van der Waals surface area contributed by atoms with Crippen molar-refractivity contribution >= 4 is 24.0 Å². The number of halogens is 1. The lowest BCUT2D eigenvalue weighted by Crippen LogP contribution is -2.11. The fraction of sp³-hybridized carbons (Fsp3) is 0.682. The minimum absolute atomic E-state index is 0. The van der Waals surface area contributed by atoms with Crippen LogP contribution in [0.25, 0.3) is 0 Å². The predicted octanol–water partition coefficient (Wildman–Crippen LogP) is 6.25. The monoisotopic (exact) mass is 382 g/mol. The van der Waals surface area contributed by atoms with Gasteiger partial charge in [0.15, 0.2) is 0 Å². The van der Waals surface area contributed by atoms with Crippen molar-refractivity contribution in [3.63, 3.8) is 0 Å². The number of aryl methyl sites for hydroxylation is 1. The van der Waals surface area contributed by atoms with E-state index < -0.39 is 0 Å². The Kier molecular flexibility index (Phi) is 16.7. The summed E-state index contributed by atoms with van der Waals surface area (Å²) in [5, 5.41) is 2.98. The number of anilines is 1. The summed E-state index contributed by atoms with van der Waals surface area (Å²) in [6.07, 6.45) is 15.5. The largest absolute Gasteiger partial charge is 0.330 e. The Hall–Kier alpha value is -1.06. The Morgan fingerprint density at radius 3 is 2.04 bits per heavy atom. The van der Waals surface area contributed by atoms with Crippen molar-refractivity contribution in [2.24, 2.45) is 5.73 Å². The van der Waals surface area contributed by atoms with Crippen molar-refractivity contribution in [1.82, 2.24) is 0 Å². The van der Waals surface area contributed by atoms with Gasteiger partial charge < -0.3 is 11.1 Å². The summed E-state index contributed by atoms with van der Waals surface area (Å²) in [6, 6.07) is 8.34. The molecule has 1 aromatic rings. The Balaban J connectivity index is 0.00000625. The van der Waals surface area contributed by atoms with Gasteiger partial charge in [0.25, 0.3) is 0 Å². The molecule has 0 radical (unpaired) electrons. The van der Waals surface area contributed by atoms with E-state index in [1.807, 2.05) is 12.1 Å². The maximum absolute atomic E-state index is 11.9. The van der Waals surface area contributed by atoms with Crippen LogP contribution < -0.4 is 11.1 Å². The zero-order chi connectivity index (χ0) is 18.2. The van der Waals surface area contributed by atoms with E-state index in [1.165, 1.54) is 56.9 Å². The highest BCUT2D eigenvalue weighted by atomic mass is 35.5. The molecule has 0 heterocycles. The molecule has 4 heteroatoms. The summed E-state index contributed by atoms with van der Waals surface area (Å²) in [5.74, 6) is 0.104. The van der Waals surface area contributed by atoms with Crippen LogP contribution in [0.5, 0.6) is 0 Å². The van der Waals surface area contributed by atoms with E-state index in [0.717, 1.165) is 31.4 Å². The van der Waals surface area contributed by atoms with Crippen molar-refractivity contribution in [1.29, 1.82) is 0 Å². The molecule has 0 aromatic heterocycles. The highest BCUT2D eigenvalue weighted by Gasteiger charge is 2.02. The Bertz CT molecular complexity index is 448. The van der Waals surface area contributed by atoms with Gasteiger partial charge in [-0.05, 0) is 49.9 Å². The summed E-state index contributed by atoms with van der Waals surface area (Å²) >= 11 is 0. The van der Waals surface area contributed by atoms with E-state index in [4.69, 9.17) is 5.73 Å². The third-order valence-corrected chi connectivity index (χ3v) is 4.66. The molecule has 1 amide bonds. The molecule has 0 bridgehead atoms. The van der Waals surface area contributed by atoms with E-state index in [2.05, 4.69) is 24.4 Å². The van der Waals surface area contributed by atoms with E-state index >= 15 is 0 Å². The van der Waals surface area contributed by atoms with Crippen LogP contribution in [0, 0.1) is 0 Å². The maximum Gasteiger partial charge on any atom is 0.224 e. The Morgan fingerprint density at radius 2 is 1.42 bits per heavy atom. The summed E-state index contributed by atoms with van der Waals surface area (Å²) in [6.45, 7) is 2.97. The SMILES string of the molecule is CCCCCCCCCCc1ccc(NC(=O)CCCCCN)cc1.Cl. The first-order valence-corrected chi connectivity index (χ1v) is 10.3. The molecule has 3 N–H and O–H groups in total. The molecule has 0 aliphatic heterocycles. The molecule has 150 valence electrons. The zero-order valence-corrected chi connectivity index (χ0v) is 17.4. The van der Waals surface area contributed by atoms with Crippen molar-refractivity contribution in [3.8, 4) is 0 Å². The normalized spacial score (nSPS) is 10.4. The van der Waals surface area contributed by atoms with Gasteiger partial charge in [0.2, 0.25) is 5.91 Å². The van der Waals surface area contributed by atoms with E-state index in [0.29, 0.717) is 13.0 Å². The Morgan fingerprint density at radius 1 is 0.846 bits per heavy atom. The van der Waals surface area contributed by atoms with Crippen LogP contribution in [0.2, 0.25) is 0 Å². The van der Waals surface area contributed by atoms with Gasteiger partial charge in [0, 0.05) is 12.1 Å². The molecule has 0 aliphatic carbocycles. The fourth-order valence-electron chi connectivity index (χ4n) is 3.05. The molecule has 3 nitrogen and oxygen atoms in total. The smallest absolute Gasteiger partial charge is 0.224 e. The first-order valence-electron chi connectivity index (χ1n) is 10.3. The lowest BCUT2D eigenvalue weighted by atomic mass is 10.0. The number of hydrogen-bond donors (Lipinski definition) is 2. The number of nitrogens with two attached hydrogens (primary N) is 1. The average Bonchev–Trinajstić information content (AvgIpc) is 2.62. The molecular formula is C22H39ClN2O. The predicted molar refractivity (Wildman–Crippen MR) is 116 cm³/mol. The van der Waals surface area contributed by atoms with Crippen molar-refractivity contribution in [2.75, 3.05) is 11.9 Å². The number of rotatable bonds is 15. The number of hydrogen-bond acceptors (Lipinski definition) is 2. The third-order valence-electron chi connectivity index (χ3n) is 4.66. The Labute approximate surface area is 166 Å². The number of amides is 1. The molecule has 26 heavy (non-hydrogen) atoms. The first kappa shape index (κ1) is 24.9. The molecule has 0 unspecified atom stereocenters. The number of unbranched alkanes of at least 4 members (excludes halogenated alkanes) is 9. The van der Waals surface area contributed by atoms with Crippen LogP contribution in [-0.2, 0) is 11.2 Å². The van der Waals surface area contributed by atoms with Crippen molar-refractivity contribution in [2.45, 2.75) is 90.4 Å². The van der Waals surface area contributed by atoms with Gasteiger partial charge in [-0.1, -0.05) is 70.4 Å². The molecule has 0 spiro atoms. The standard InChI is InChI=1S/C22H38N2O.ClH/c1-2-3-4-5-6-7-8-10-13-20-15-17-21(18-16-20)24-22(25)14-11-9-12-19-23;/h15-18H,2-14,19,23H2,1H3,(H,24,25);1H. The van der Waals surface area contributed by atoms with Gasteiger partial charge >= 0.3 is 0 Å².